The first-order valence-electron chi connectivity index (χ1n) is 5.73. The number of nitrogens with one attached hydrogen (secondary N) is 1. The van der Waals surface area contributed by atoms with E-state index in [9.17, 15) is 18.0 Å². The number of ether oxygens (including phenoxy) is 1. The van der Waals surface area contributed by atoms with Gasteiger partial charge in [-0.05, 0) is 21.8 Å². The van der Waals surface area contributed by atoms with Crippen LogP contribution in [0.2, 0.25) is 0 Å². The summed E-state index contributed by atoms with van der Waals surface area (Å²) in [5.74, 6) is -3.06. The van der Waals surface area contributed by atoms with E-state index in [2.05, 4.69) is 25.4 Å². The largest absolute Gasteiger partial charge is 0.475 e. The van der Waals surface area contributed by atoms with E-state index in [4.69, 9.17) is 9.52 Å². The summed E-state index contributed by atoms with van der Waals surface area (Å²) in [4.78, 5) is 21.9. The summed E-state index contributed by atoms with van der Waals surface area (Å²) >= 11 is 2.84. The van der Waals surface area contributed by atoms with Gasteiger partial charge < -0.3 is 14.3 Å². The summed E-state index contributed by atoms with van der Waals surface area (Å²) in [7, 11) is -3.02. The van der Waals surface area contributed by atoms with Gasteiger partial charge in [0.05, 0.1) is 7.11 Å². The zero-order chi connectivity index (χ0) is 16.4. The number of halogens is 1. The number of rotatable bonds is 6. The number of hydrogen-bond donors (Lipinski definition) is 2. The first-order chi connectivity index (χ1) is 9.60. The van der Waals surface area contributed by atoms with E-state index in [-0.39, 0.29) is 10.6 Å². The lowest BCUT2D eigenvalue weighted by atomic mass is 10.1. The second kappa shape index (κ2) is 6.58. The molecule has 0 bridgehead atoms. The summed E-state index contributed by atoms with van der Waals surface area (Å²) in [6.07, 6.45) is 0. The maximum atomic E-state index is 12.2. The van der Waals surface area contributed by atoms with Crippen molar-refractivity contribution in [2.24, 2.45) is 5.92 Å². The van der Waals surface area contributed by atoms with E-state index in [1.807, 2.05) is 0 Å². The number of aromatic carboxylic acids is 1. The Morgan fingerprint density at radius 1 is 1.43 bits per heavy atom. The fourth-order valence-corrected chi connectivity index (χ4v) is 3.73. The lowest BCUT2D eigenvalue weighted by Gasteiger charge is -2.19. The molecule has 2 N–H and O–H groups in total. The van der Waals surface area contributed by atoms with E-state index in [1.165, 1.54) is 0 Å². The first kappa shape index (κ1) is 17.7. The fraction of sp³-hybridized carbons (Fsp3) is 0.455. The molecule has 0 fully saturated rings. The monoisotopic (exact) mass is 383 g/mol. The average molecular weight is 384 g/mol. The average Bonchev–Trinajstić information content (AvgIpc) is 2.78. The van der Waals surface area contributed by atoms with E-state index in [0.29, 0.717) is 0 Å². The van der Waals surface area contributed by atoms with Crippen LogP contribution in [0.1, 0.15) is 24.4 Å². The minimum Gasteiger partial charge on any atom is -0.475 e. The van der Waals surface area contributed by atoms with E-state index >= 15 is 0 Å². The Balaban J connectivity index is 3.16. The van der Waals surface area contributed by atoms with E-state index in [1.54, 1.807) is 13.8 Å². The second-order valence-corrected chi connectivity index (χ2v) is 6.82. The molecule has 0 radical (unpaired) electrons. The molecule has 118 valence electrons. The number of hydrogen-bond acceptors (Lipinski definition) is 6. The molecule has 1 aromatic heterocycles. The van der Waals surface area contributed by atoms with Crippen molar-refractivity contribution in [2.75, 3.05) is 7.11 Å². The summed E-state index contributed by atoms with van der Waals surface area (Å²) in [6.45, 7) is 3.27. The van der Waals surface area contributed by atoms with Crippen LogP contribution in [0.5, 0.6) is 0 Å². The van der Waals surface area contributed by atoms with Crippen LogP contribution in [-0.2, 0) is 19.6 Å². The molecule has 0 amide bonds. The van der Waals surface area contributed by atoms with Gasteiger partial charge in [-0.2, -0.15) is 4.72 Å². The number of carboxylic acid groups (broad SMARTS) is 1. The van der Waals surface area contributed by atoms with Gasteiger partial charge in [0.25, 0.3) is 0 Å². The molecule has 21 heavy (non-hydrogen) atoms. The standard InChI is InChI=1S/C11H14BrNO7S/c1-5(2)8(11(16)19-3)13-21(17,18)7-4-6(10(14)15)20-9(7)12/h4-5,8,13H,1-3H3,(H,14,15). The fourth-order valence-electron chi connectivity index (χ4n) is 1.45. The SMILES string of the molecule is COC(=O)C(NS(=O)(=O)c1cc(C(=O)O)oc1Br)C(C)C. The molecule has 0 aliphatic heterocycles. The van der Waals surface area contributed by atoms with Crippen molar-refractivity contribution in [3.8, 4) is 0 Å². The smallest absolute Gasteiger partial charge is 0.371 e. The Hall–Kier alpha value is -1.39. The lowest BCUT2D eigenvalue weighted by molar-refractivity contribution is -0.143. The normalized spacial score (nSPS) is 13.2. The number of methoxy groups -OCH3 is 1. The number of carbonyl (C=O) groups excluding carboxylic acids is 1. The Labute approximate surface area is 129 Å². The molecule has 0 spiro atoms. The van der Waals surface area contributed by atoms with Crippen molar-refractivity contribution < 1.29 is 32.3 Å². The number of furan rings is 1. The molecular weight excluding hydrogens is 370 g/mol. The highest BCUT2D eigenvalue weighted by molar-refractivity contribution is 9.10. The molecule has 10 heteroatoms. The molecule has 1 unspecified atom stereocenters. The van der Waals surface area contributed by atoms with Gasteiger partial charge >= 0.3 is 11.9 Å². The quantitative estimate of drug-likeness (QED) is 0.707. The van der Waals surface area contributed by atoms with Gasteiger partial charge in [0.1, 0.15) is 10.9 Å². The van der Waals surface area contributed by atoms with Gasteiger partial charge in [0, 0.05) is 6.07 Å². The van der Waals surface area contributed by atoms with Crippen LogP contribution in [0, 0.1) is 5.92 Å². The highest BCUT2D eigenvalue weighted by Gasteiger charge is 2.32. The van der Waals surface area contributed by atoms with Gasteiger partial charge in [-0.3, -0.25) is 4.79 Å². The molecule has 0 aliphatic carbocycles. The van der Waals surface area contributed by atoms with Crippen LogP contribution in [-0.4, -0.2) is 38.6 Å². The molecule has 0 aliphatic rings. The number of carbonyl (C=O) groups is 2. The van der Waals surface area contributed by atoms with Crippen molar-refractivity contribution in [1.82, 2.24) is 4.72 Å². The van der Waals surface area contributed by atoms with Crippen LogP contribution < -0.4 is 4.72 Å². The van der Waals surface area contributed by atoms with Gasteiger partial charge in [-0.15, -0.1) is 0 Å². The highest BCUT2D eigenvalue weighted by Crippen LogP contribution is 2.26. The summed E-state index contributed by atoms with van der Waals surface area (Å²) in [5, 5.41) is 8.78. The minimum atomic E-state index is -4.16. The first-order valence-corrected chi connectivity index (χ1v) is 8.00. The lowest BCUT2D eigenvalue weighted by Crippen LogP contribution is -2.44. The zero-order valence-electron chi connectivity index (χ0n) is 11.4. The van der Waals surface area contributed by atoms with Crippen LogP contribution in [0.4, 0.5) is 0 Å². The summed E-state index contributed by atoms with van der Waals surface area (Å²) in [5.41, 5.74) is 0. The van der Waals surface area contributed by atoms with Crippen LogP contribution in [0.3, 0.4) is 0 Å². The highest BCUT2D eigenvalue weighted by atomic mass is 79.9. The third-order valence-electron chi connectivity index (χ3n) is 2.56. The van der Waals surface area contributed by atoms with Crippen LogP contribution >= 0.6 is 15.9 Å². The Morgan fingerprint density at radius 2 is 2.00 bits per heavy atom. The molecule has 1 atom stereocenters. The number of sulfonamides is 1. The predicted octanol–water partition coefficient (Wildman–Crippen LogP) is 1.22. The van der Waals surface area contributed by atoms with Crippen LogP contribution in [0.15, 0.2) is 20.0 Å². The van der Waals surface area contributed by atoms with Crippen molar-refractivity contribution >= 4 is 37.9 Å². The summed E-state index contributed by atoms with van der Waals surface area (Å²) in [6, 6.07) is -0.251. The Kier molecular flexibility index (Phi) is 5.54. The molecule has 1 rings (SSSR count). The maximum absolute atomic E-state index is 12.2. The number of carboxylic acids is 1. The Morgan fingerprint density at radius 3 is 2.38 bits per heavy atom. The van der Waals surface area contributed by atoms with E-state index < -0.39 is 38.7 Å². The topological polar surface area (TPSA) is 123 Å². The molecule has 0 saturated heterocycles. The van der Waals surface area contributed by atoms with Gasteiger partial charge in [-0.1, -0.05) is 13.8 Å². The van der Waals surface area contributed by atoms with Crippen molar-refractivity contribution in [3.63, 3.8) is 0 Å². The predicted molar refractivity (Wildman–Crippen MR) is 74.3 cm³/mol. The van der Waals surface area contributed by atoms with Crippen molar-refractivity contribution in [2.45, 2.75) is 24.8 Å². The molecule has 8 nitrogen and oxygen atoms in total. The molecule has 1 aromatic rings. The van der Waals surface area contributed by atoms with Gasteiger partial charge in [0.2, 0.25) is 15.8 Å². The van der Waals surface area contributed by atoms with Gasteiger partial charge in [0.15, 0.2) is 4.67 Å². The van der Waals surface area contributed by atoms with Crippen molar-refractivity contribution in [3.05, 3.63) is 16.5 Å². The molecule has 1 heterocycles. The molecular formula is C11H14BrNO7S. The third-order valence-corrected chi connectivity index (χ3v) is 4.86. The van der Waals surface area contributed by atoms with Crippen molar-refractivity contribution in [1.29, 1.82) is 0 Å². The van der Waals surface area contributed by atoms with Crippen LogP contribution in [0.25, 0.3) is 0 Å². The van der Waals surface area contributed by atoms with E-state index in [0.717, 1.165) is 13.2 Å². The third kappa shape index (κ3) is 4.05. The molecule has 0 saturated carbocycles. The summed E-state index contributed by atoms with van der Waals surface area (Å²) < 4.78 is 35.7. The van der Waals surface area contributed by atoms with Gasteiger partial charge in [-0.25, -0.2) is 13.2 Å². The number of esters is 1. The second-order valence-electron chi connectivity index (χ2n) is 4.42. The molecule has 0 aromatic carbocycles. The Bertz CT molecular complexity index is 650. The maximum Gasteiger partial charge on any atom is 0.371 e. The zero-order valence-corrected chi connectivity index (χ0v) is 13.8. The minimum absolute atomic E-state index is 0.264.